The first-order valence-corrected chi connectivity index (χ1v) is 9.02. The Labute approximate surface area is 163 Å². The summed E-state index contributed by atoms with van der Waals surface area (Å²) in [6, 6.07) is 20.9. The maximum absolute atomic E-state index is 12.5. The molecule has 4 aromatic rings. The summed E-state index contributed by atoms with van der Waals surface area (Å²) in [6.45, 7) is 2.02. The van der Waals surface area contributed by atoms with Gasteiger partial charge >= 0.3 is 0 Å². The summed E-state index contributed by atoms with van der Waals surface area (Å²) in [5.41, 5.74) is 5.03. The van der Waals surface area contributed by atoms with Crippen LogP contribution in [0, 0.1) is 6.92 Å². The molecular weight excluding hydrogens is 352 g/mol. The van der Waals surface area contributed by atoms with Gasteiger partial charge in [-0.2, -0.15) is 0 Å². The smallest absolute Gasteiger partial charge is 0.228 e. The van der Waals surface area contributed by atoms with E-state index in [9.17, 15) is 4.79 Å². The summed E-state index contributed by atoms with van der Waals surface area (Å²) >= 11 is 0. The summed E-state index contributed by atoms with van der Waals surface area (Å²) in [5.74, 6) is 1.12. The molecule has 0 saturated heterocycles. The topological polar surface area (TPSA) is 64.4 Å². The number of rotatable bonds is 5. The monoisotopic (exact) mass is 372 g/mol. The number of hydrogen-bond donors (Lipinski definition) is 1. The van der Waals surface area contributed by atoms with Gasteiger partial charge in [0.2, 0.25) is 11.8 Å². The lowest BCUT2D eigenvalue weighted by molar-refractivity contribution is -0.115. The molecule has 0 atom stereocenters. The highest BCUT2D eigenvalue weighted by atomic mass is 16.5. The highest BCUT2D eigenvalue weighted by Crippen LogP contribution is 2.27. The van der Waals surface area contributed by atoms with E-state index in [0.717, 1.165) is 27.8 Å². The van der Waals surface area contributed by atoms with Crippen LogP contribution in [0.5, 0.6) is 5.75 Å². The van der Waals surface area contributed by atoms with Gasteiger partial charge in [0.25, 0.3) is 0 Å². The minimum atomic E-state index is -0.116. The molecule has 140 valence electrons. The molecule has 1 aromatic heterocycles. The van der Waals surface area contributed by atoms with Crippen molar-refractivity contribution in [1.29, 1.82) is 0 Å². The van der Waals surface area contributed by atoms with Gasteiger partial charge in [-0.05, 0) is 48.9 Å². The van der Waals surface area contributed by atoms with Crippen molar-refractivity contribution in [3.05, 3.63) is 77.9 Å². The zero-order chi connectivity index (χ0) is 19.5. The van der Waals surface area contributed by atoms with Gasteiger partial charge in [-0.15, -0.1) is 0 Å². The van der Waals surface area contributed by atoms with E-state index in [2.05, 4.69) is 10.3 Å². The van der Waals surface area contributed by atoms with Crippen molar-refractivity contribution in [2.45, 2.75) is 13.3 Å². The van der Waals surface area contributed by atoms with Crippen molar-refractivity contribution in [2.75, 3.05) is 12.4 Å². The number of oxazole rings is 1. The Balaban J connectivity index is 1.54. The number of para-hydroxylation sites is 1. The van der Waals surface area contributed by atoms with Crippen molar-refractivity contribution < 1.29 is 13.9 Å². The SMILES string of the molecule is COc1ccccc1CC(=O)Nc1cccc(-c2nc3cc(C)ccc3o2)c1. The number of nitrogens with one attached hydrogen (secondary N) is 1. The number of carbonyl (C=O) groups is 1. The van der Waals surface area contributed by atoms with Crippen LogP contribution in [0.25, 0.3) is 22.6 Å². The fraction of sp³-hybridized carbons (Fsp3) is 0.130. The lowest BCUT2D eigenvalue weighted by Crippen LogP contribution is -2.14. The van der Waals surface area contributed by atoms with E-state index in [1.165, 1.54) is 0 Å². The first-order chi connectivity index (χ1) is 13.6. The first-order valence-electron chi connectivity index (χ1n) is 9.02. The molecule has 0 bridgehead atoms. The van der Waals surface area contributed by atoms with Crippen molar-refractivity contribution >= 4 is 22.7 Å². The van der Waals surface area contributed by atoms with Gasteiger partial charge in [0, 0.05) is 16.8 Å². The van der Waals surface area contributed by atoms with Gasteiger partial charge < -0.3 is 14.5 Å². The average molecular weight is 372 g/mol. The minimum absolute atomic E-state index is 0.116. The largest absolute Gasteiger partial charge is 0.496 e. The Kier molecular flexibility index (Phi) is 4.81. The number of carbonyl (C=O) groups excluding carboxylic acids is 1. The summed E-state index contributed by atoms with van der Waals surface area (Å²) < 4.78 is 11.2. The number of fused-ring (bicyclic) bond motifs is 1. The Morgan fingerprint density at radius 3 is 2.79 bits per heavy atom. The van der Waals surface area contributed by atoms with Gasteiger partial charge in [-0.25, -0.2) is 4.98 Å². The maximum atomic E-state index is 12.5. The first kappa shape index (κ1) is 17.8. The molecule has 0 unspecified atom stereocenters. The van der Waals surface area contributed by atoms with Crippen LogP contribution in [0.1, 0.15) is 11.1 Å². The molecule has 0 fully saturated rings. The van der Waals surface area contributed by atoms with Crippen LogP contribution < -0.4 is 10.1 Å². The van der Waals surface area contributed by atoms with Crippen molar-refractivity contribution in [3.8, 4) is 17.2 Å². The lowest BCUT2D eigenvalue weighted by atomic mass is 10.1. The Bertz CT molecular complexity index is 1150. The predicted molar refractivity (Wildman–Crippen MR) is 110 cm³/mol. The number of anilines is 1. The van der Waals surface area contributed by atoms with Crippen molar-refractivity contribution in [2.24, 2.45) is 0 Å². The van der Waals surface area contributed by atoms with E-state index >= 15 is 0 Å². The van der Waals surface area contributed by atoms with Gasteiger partial charge in [-0.1, -0.05) is 30.3 Å². The number of amides is 1. The number of benzene rings is 3. The van der Waals surface area contributed by atoms with Gasteiger partial charge in [0.05, 0.1) is 13.5 Å². The fourth-order valence-electron chi connectivity index (χ4n) is 3.12. The third-order valence-electron chi connectivity index (χ3n) is 4.48. The van der Waals surface area contributed by atoms with Crippen LogP contribution in [0.15, 0.2) is 71.1 Å². The molecule has 5 nitrogen and oxygen atoms in total. The van der Waals surface area contributed by atoms with Crippen LogP contribution in [0.4, 0.5) is 5.69 Å². The normalized spacial score (nSPS) is 10.8. The van der Waals surface area contributed by atoms with Crippen LogP contribution in [-0.4, -0.2) is 18.0 Å². The highest BCUT2D eigenvalue weighted by molar-refractivity contribution is 5.93. The highest BCUT2D eigenvalue weighted by Gasteiger charge is 2.11. The van der Waals surface area contributed by atoms with E-state index in [0.29, 0.717) is 17.3 Å². The molecule has 1 amide bonds. The molecule has 1 N–H and O–H groups in total. The molecule has 0 aliphatic carbocycles. The average Bonchev–Trinajstić information content (AvgIpc) is 3.12. The number of nitrogens with zero attached hydrogens (tertiary/aromatic N) is 1. The molecule has 5 heteroatoms. The Morgan fingerprint density at radius 2 is 1.93 bits per heavy atom. The molecule has 0 aliphatic rings. The van der Waals surface area contributed by atoms with Crippen LogP contribution in [0.3, 0.4) is 0 Å². The molecule has 0 aliphatic heterocycles. The molecule has 1 heterocycles. The summed E-state index contributed by atoms with van der Waals surface area (Å²) in [4.78, 5) is 17.0. The second kappa shape index (κ2) is 7.56. The molecule has 0 radical (unpaired) electrons. The maximum Gasteiger partial charge on any atom is 0.228 e. The standard InChI is InChI=1S/C23H20N2O3/c1-15-10-11-21-19(12-15)25-23(28-21)17-7-5-8-18(13-17)24-22(26)14-16-6-3-4-9-20(16)27-2/h3-13H,14H2,1-2H3,(H,24,26). The van der Waals surface area contributed by atoms with Crippen molar-refractivity contribution in [3.63, 3.8) is 0 Å². The summed E-state index contributed by atoms with van der Waals surface area (Å²) in [7, 11) is 1.60. The van der Waals surface area contributed by atoms with Gasteiger partial charge in [0.1, 0.15) is 11.3 Å². The number of methoxy groups -OCH3 is 1. The molecule has 0 saturated carbocycles. The van der Waals surface area contributed by atoms with Crippen LogP contribution in [0.2, 0.25) is 0 Å². The zero-order valence-electron chi connectivity index (χ0n) is 15.7. The Hall–Kier alpha value is -3.60. The zero-order valence-corrected chi connectivity index (χ0v) is 15.7. The fourth-order valence-corrected chi connectivity index (χ4v) is 3.12. The van der Waals surface area contributed by atoms with E-state index in [-0.39, 0.29) is 12.3 Å². The van der Waals surface area contributed by atoms with Crippen LogP contribution >= 0.6 is 0 Å². The van der Waals surface area contributed by atoms with Gasteiger partial charge in [0.15, 0.2) is 5.58 Å². The van der Waals surface area contributed by atoms with E-state index in [1.54, 1.807) is 7.11 Å². The lowest BCUT2D eigenvalue weighted by Gasteiger charge is -2.09. The van der Waals surface area contributed by atoms with Crippen molar-refractivity contribution in [1.82, 2.24) is 4.98 Å². The third kappa shape index (κ3) is 3.74. The van der Waals surface area contributed by atoms with Crippen LogP contribution in [-0.2, 0) is 11.2 Å². The molecule has 28 heavy (non-hydrogen) atoms. The van der Waals surface area contributed by atoms with E-state index in [1.807, 2.05) is 73.7 Å². The van der Waals surface area contributed by atoms with Gasteiger partial charge in [-0.3, -0.25) is 4.79 Å². The van der Waals surface area contributed by atoms with E-state index in [4.69, 9.17) is 9.15 Å². The quantitative estimate of drug-likeness (QED) is 0.536. The molecule has 3 aromatic carbocycles. The third-order valence-corrected chi connectivity index (χ3v) is 4.48. The number of aryl methyl sites for hydroxylation is 1. The Morgan fingerprint density at radius 1 is 1.07 bits per heavy atom. The molecular formula is C23H20N2O3. The number of aromatic nitrogens is 1. The predicted octanol–water partition coefficient (Wildman–Crippen LogP) is 4.99. The molecule has 4 rings (SSSR count). The number of hydrogen-bond acceptors (Lipinski definition) is 4. The minimum Gasteiger partial charge on any atom is -0.496 e. The summed E-state index contributed by atoms with van der Waals surface area (Å²) in [6.07, 6.45) is 0.233. The number of ether oxygens (including phenoxy) is 1. The second-order valence-corrected chi connectivity index (χ2v) is 6.61. The van der Waals surface area contributed by atoms with E-state index < -0.39 is 0 Å². The second-order valence-electron chi connectivity index (χ2n) is 6.61. The summed E-state index contributed by atoms with van der Waals surface area (Å²) in [5, 5.41) is 2.93. The molecule has 0 spiro atoms.